The molecule has 1 aliphatic heterocycles. The van der Waals surface area contributed by atoms with E-state index in [2.05, 4.69) is 16.6 Å². The molecular weight excluding hydrogens is 544 g/mol. The fourth-order valence-corrected chi connectivity index (χ4v) is 4.76. The number of methoxy groups -OCH3 is 2. The quantitative estimate of drug-likeness (QED) is 0.158. The van der Waals surface area contributed by atoms with E-state index in [1.807, 2.05) is 4.90 Å². The summed E-state index contributed by atoms with van der Waals surface area (Å²) < 4.78 is 10.2. The lowest BCUT2D eigenvalue weighted by atomic mass is 9.96. The molecular formula is C31H29ClN4O5. The van der Waals surface area contributed by atoms with Gasteiger partial charge in [0.1, 0.15) is 11.6 Å². The standard InChI is InChI=1S/C31H29ClN4O5/c1-4-19-5-11-24(12-6-19)34-30(38)25-17-23(32)18-26(40-2)27(25)35-29(37)21-9-7-20(8-10-21)28(33)36-15-13-22(14-16-36)31(39)41-3/h1,5-12,17-18,22,33H,13-16H2,2-3H3,(H,34,38)(H,35,37). The van der Waals surface area contributed by atoms with Gasteiger partial charge < -0.3 is 25.0 Å². The molecule has 0 aromatic heterocycles. The zero-order valence-electron chi connectivity index (χ0n) is 22.6. The van der Waals surface area contributed by atoms with E-state index in [0.717, 1.165) is 0 Å². The van der Waals surface area contributed by atoms with E-state index in [9.17, 15) is 14.4 Å². The van der Waals surface area contributed by atoms with Gasteiger partial charge >= 0.3 is 5.97 Å². The second-order valence-electron chi connectivity index (χ2n) is 9.37. The average Bonchev–Trinajstić information content (AvgIpc) is 3.01. The molecule has 9 nitrogen and oxygen atoms in total. The highest BCUT2D eigenvalue weighted by Crippen LogP contribution is 2.33. The third-order valence-electron chi connectivity index (χ3n) is 6.85. The van der Waals surface area contributed by atoms with E-state index in [4.69, 9.17) is 32.9 Å². The number of amides is 2. The van der Waals surface area contributed by atoms with Crippen LogP contribution in [0.3, 0.4) is 0 Å². The summed E-state index contributed by atoms with van der Waals surface area (Å²) in [5.41, 5.74) is 2.40. The highest BCUT2D eigenvalue weighted by Gasteiger charge is 2.27. The summed E-state index contributed by atoms with van der Waals surface area (Å²) in [4.78, 5) is 40.1. The number of hydrogen-bond acceptors (Lipinski definition) is 6. The van der Waals surface area contributed by atoms with Crippen LogP contribution in [-0.2, 0) is 9.53 Å². The molecule has 3 N–H and O–H groups in total. The molecule has 0 bridgehead atoms. The van der Waals surface area contributed by atoms with Crippen molar-refractivity contribution in [3.05, 3.63) is 87.9 Å². The van der Waals surface area contributed by atoms with E-state index in [0.29, 0.717) is 54.1 Å². The average molecular weight is 573 g/mol. The number of piperidine rings is 1. The molecule has 0 radical (unpaired) electrons. The monoisotopic (exact) mass is 572 g/mol. The molecule has 3 aromatic carbocycles. The molecule has 10 heteroatoms. The largest absolute Gasteiger partial charge is 0.494 e. The number of nitrogens with zero attached hydrogens (tertiary/aromatic N) is 1. The minimum absolute atomic E-state index is 0.109. The van der Waals surface area contributed by atoms with Gasteiger partial charge in [0.15, 0.2) is 0 Å². The molecule has 3 aromatic rings. The van der Waals surface area contributed by atoms with Gasteiger partial charge in [0.05, 0.1) is 31.4 Å². The number of esters is 1. The third kappa shape index (κ3) is 6.86. The van der Waals surface area contributed by atoms with Gasteiger partial charge in [-0.1, -0.05) is 29.7 Å². The number of hydrogen-bond donors (Lipinski definition) is 3. The van der Waals surface area contributed by atoms with Gasteiger partial charge in [-0.15, -0.1) is 6.42 Å². The first kappa shape index (κ1) is 29.2. The lowest BCUT2D eigenvalue weighted by Crippen LogP contribution is -2.40. The maximum Gasteiger partial charge on any atom is 0.308 e. The highest BCUT2D eigenvalue weighted by atomic mass is 35.5. The van der Waals surface area contributed by atoms with Gasteiger partial charge in [0, 0.05) is 46.6 Å². The first-order valence-corrected chi connectivity index (χ1v) is 13.2. The Hall–Kier alpha value is -4.81. The van der Waals surface area contributed by atoms with Crippen LogP contribution in [0.15, 0.2) is 60.7 Å². The van der Waals surface area contributed by atoms with Crippen molar-refractivity contribution < 1.29 is 23.9 Å². The molecule has 1 aliphatic rings. The molecule has 0 spiro atoms. The fraction of sp³-hybridized carbons (Fsp3) is 0.226. The van der Waals surface area contributed by atoms with Gasteiger partial charge in [-0.2, -0.15) is 0 Å². The molecule has 210 valence electrons. The zero-order chi connectivity index (χ0) is 29.5. The Balaban J connectivity index is 1.49. The molecule has 4 rings (SSSR count). The van der Waals surface area contributed by atoms with Crippen LogP contribution in [0.5, 0.6) is 5.75 Å². The van der Waals surface area contributed by atoms with Crippen molar-refractivity contribution in [3.63, 3.8) is 0 Å². The Morgan fingerprint density at radius 2 is 1.59 bits per heavy atom. The maximum absolute atomic E-state index is 13.2. The van der Waals surface area contributed by atoms with Crippen molar-refractivity contribution in [1.82, 2.24) is 4.90 Å². The van der Waals surface area contributed by atoms with Gasteiger partial charge in [0.2, 0.25) is 0 Å². The smallest absolute Gasteiger partial charge is 0.308 e. The van der Waals surface area contributed by atoms with E-state index < -0.39 is 11.8 Å². The second kappa shape index (κ2) is 13.0. The molecule has 2 amide bonds. The van der Waals surface area contributed by atoms with Gasteiger partial charge in [-0.25, -0.2) is 0 Å². The summed E-state index contributed by atoms with van der Waals surface area (Å²) in [5.74, 6) is 1.69. The van der Waals surface area contributed by atoms with Crippen molar-refractivity contribution in [2.75, 3.05) is 37.9 Å². The Bertz CT molecular complexity index is 1510. The molecule has 1 fully saturated rings. The van der Waals surface area contributed by atoms with E-state index in [1.54, 1.807) is 48.5 Å². The SMILES string of the molecule is C#Cc1ccc(NC(=O)c2cc(Cl)cc(OC)c2NC(=O)c2ccc(C(=N)N3CCC(C(=O)OC)CC3)cc2)cc1. The van der Waals surface area contributed by atoms with Gasteiger partial charge in [0.25, 0.3) is 11.8 Å². The molecule has 0 saturated carbocycles. The number of carbonyl (C=O) groups excluding carboxylic acids is 3. The Kier molecular flexibility index (Phi) is 9.27. The number of amidine groups is 1. The number of nitrogens with one attached hydrogen (secondary N) is 3. The first-order chi connectivity index (χ1) is 19.7. The molecule has 0 unspecified atom stereocenters. The summed E-state index contributed by atoms with van der Waals surface area (Å²) in [6, 6.07) is 16.3. The summed E-state index contributed by atoms with van der Waals surface area (Å²) in [5, 5.41) is 14.4. The maximum atomic E-state index is 13.2. The summed E-state index contributed by atoms with van der Waals surface area (Å²) in [6.07, 6.45) is 6.63. The number of anilines is 2. The number of ether oxygens (including phenoxy) is 2. The Morgan fingerprint density at radius 1 is 0.951 bits per heavy atom. The zero-order valence-corrected chi connectivity index (χ0v) is 23.4. The van der Waals surface area contributed by atoms with Gasteiger partial charge in [-0.3, -0.25) is 19.8 Å². The van der Waals surface area contributed by atoms with Crippen LogP contribution in [0.1, 0.15) is 44.7 Å². The van der Waals surface area contributed by atoms with Crippen molar-refractivity contribution in [2.45, 2.75) is 12.8 Å². The summed E-state index contributed by atoms with van der Waals surface area (Å²) in [7, 11) is 2.80. The molecule has 0 atom stereocenters. The second-order valence-corrected chi connectivity index (χ2v) is 9.81. The number of terminal acetylenes is 1. The minimum atomic E-state index is -0.505. The van der Waals surface area contributed by atoms with Crippen LogP contribution in [0.4, 0.5) is 11.4 Å². The molecule has 0 aliphatic carbocycles. The predicted octanol–water partition coefficient (Wildman–Crippen LogP) is 5.04. The van der Waals surface area contributed by atoms with Crippen LogP contribution in [0.2, 0.25) is 5.02 Å². The van der Waals surface area contributed by atoms with Crippen molar-refractivity contribution >= 4 is 46.6 Å². The molecule has 1 heterocycles. The van der Waals surface area contributed by atoms with Crippen LogP contribution in [0, 0.1) is 23.7 Å². The number of halogens is 1. The predicted molar refractivity (Wildman–Crippen MR) is 158 cm³/mol. The van der Waals surface area contributed by atoms with Crippen LogP contribution in [0.25, 0.3) is 0 Å². The Labute approximate surface area is 243 Å². The molecule has 41 heavy (non-hydrogen) atoms. The van der Waals surface area contributed by atoms with Crippen molar-refractivity contribution in [1.29, 1.82) is 5.41 Å². The lowest BCUT2D eigenvalue weighted by molar-refractivity contribution is -0.146. The number of likely N-dealkylation sites (tertiary alicyclic amines) is 1. The summed E-state index contributed by atoms with van der Waals surface area (Å²) >= 11 is 6.24. The third-order valence-corrected chi connectivity index (χ3v) is 7.06. The van der Waals surface area contributed by atoms with Gasteiger partial charge in [-0.05, 0) is 55.3 Å². The number of benzene rings is 3. The van der Waals surface area contributed by atoms with Crippen LogP contribution < -0.4 is 15.4 Å². The van der Waals surface area contributed by atoms with Crippen LogP contribution >= 0.6 is 11.6 Å². The topological polar surface area (TPSA) is 121 Å². The lowest BCUT2D eigenvalue weighted by Gasteiger charge is -2.32. The molecule has 1 saturated heterocycles. The minimum Gasteiger partial charge on any atom is -0.494 e. The van der Waals surface area contributed by atoms with Crippen molar-refractivity contribution in [2.24, 2.45) is 5.92 Å². The van der Waals surface area contributed by atoms with Crippen LogP contribution in [-0.4, -0.2) is 55.8 Å². The Morgan fingerprint density at radius 3 is 2.17 bits per heavy atom. The first-order valence-electron chi connectivity index (χ1n) is 12.8. The van der Waals surface area contributed by atoms with Crippen molar-refractivity contribution in [3.8, 4) is 18.1 Å². The van der Waals surface area contributed by atoms with E-state index in [-0.39, 0.29) is 33.9 Å². The van der Waals surface area contributed by atoms with E-state index in [1.165, 1.54) is 26.4 Å². The fourth-order valence-electron chi connectivity index (χ4n) is 4.55. The summed E-state index contributed by atoms with van der Waals surface area (Å²) in [6.45, 7) is 1.13. The number of carbonyl (C=O) groups is 3. The normalized spacial score (nSPS) is 13.1. The van der Waals surface area contributed by atoms with E-state index >= 15 is 0 Å². The number of rotatable bonds is 7. The highest BCUT2D eigenvalue weighted by molar-refractivity contribution is 6.31.